The molecule has 2 aromatic heterocycles. The molecule has 2 unspecified atom stereocenters. The third kappa shape index (κ3) is 3.12. The maximum absolute atomic E-state index is 4.95. The Balaban J connectivity index is 1.67. The van der Waals surface area contributed by atoms with E-state index in [1.165, 1.54) is 51.0 Å². The zero-order valence-electron chi connectivity index (χ0n) is 14.0. The van der Waals surface area contributed by atoms with Crippen LogP contribution in [0.3, 0.4) is 0 Å². The van der Waals surface area contributed by atoms with Gasteiger partial charge in [0.05, 0.1) is 6.04 Å². The first-order valence-corrected chi connectivity index (χ1v) is 9.04. The summed E-state index contributed by atoms with van der Waals surface area (Å²) in [5.74, 6) is 1.90. The summed E-state index contributed by atoms with van der Waals surface area (Å²) in [5, 5.41) is 3.66. The van der Waals surface area contributed by atoms with Crippen molar-refractivity contribution in [1.29, 1.82) is 0 Å². The molecular formula is C18H27N5. The van der Waals surface area contributed by atoms with Gasteiger partial charge in [-0.2, -0.15) is 0 Å². The molecule has 0 radical (unpaired) electrons. The predicted octanol–water partition coefficient (Wildman–Crippen LogP) is 2.59. The predicted molar refractivity (Wildman–Crippen MR) is 92.3 cm³/mol. The minimum atomic E-state index is 0.388. The van der Waals surface area contributed by atoms with E-state index in [1.807, 2.05) is 12.3 Å². The highest BCUT2D eigenvalue weighted by Crippen LogP contribution is 2.27. The summed E-state index contributed by atoms with van der Waals surface area (Å²) >= 11 is 0. The van der Waals surface area contributed by atoms with Gasteiger partial charge in [-0.3, -0.25) is 0 Å². The maximum Gasteiger partial charge on any atom is 0.160 e. The van der Waals surface area contributed by atoms with E-state index in [-0.39, 0.29) is 0 Å². The van der Waals surface area contributed by atoms with E-state index in [0.717, 1.165) is 24.3 Å². The minimum Gasteiger partial charge on any atom is -0.311 e. The number of hydrogen-bond donors (Lipinski definition) is 1. The molecule has 1 N–H and O–H groups in total. The Kier molecular flexibility index (Phi) is 4.31. The van der Waals surface area contributed by atoms with Crippen LogP contribution in [0, 0.1) is 5.92 Å². The molecule has 2 atom stereocenters. The first-order chi connectivity index (χ1) is 11.3. The highest BCUT2D eigenvalue weighted by molar-refractivity contribution is 5.71. The summed E-state index contributed by atoms with van der Waals surface area (Å²) in [7, 11) is 2.24. The maximum atomic E-state index is 4.95. The lowest BCUT2D eigenvalue weighted by Gasteiger charge is -2.31. The summed E-state index contributed by atoms with van der Waals surface area (Å²) in [6.45, 7) is 4.57. The van der Waals surface area contributed by atoms with Gasteiger partial charge in [0.1, 0.15) is 11.3 Å². The molecule has 4 rings (SSSR count). The second-order valence-corrected chi connectivity index (χ2v) is 7.20. The van der Waals surface area contributed by atoms with Gasteiger partial charge in [-0.25, -0.2) is 9.97 Å². The molecule has 0 bridgehead atoms. The summed E-state index contributed by atoms with van der Waals surface area (Å²) < 4.78 is 2.40. The number of hydrogen-bond acceptors (Lipinski definition) is 4. The fraction of sp³-hybridized carbons (Fsp3) is 0.667. The molecule has 5 nitrogen and oxygen atoms in total. The number of fused-ring (bicyclic) bond motifs is 1. The van der Waals surface area contributed by atoms with Crippen molar-refractivity contribution >= 4 is 11.2 Å². The molecule has 2 fully saturated rings. The summed E-state index contributed by atoms with van der Waals surface area (Å²) in [6.07, 6.45) is 8.27. The SMILES string of the molecule is CN1CCCC(Cn2c(C3CCCCN3)nc3cccnc32)C1. The molecule has 0 saturated carbocycles. The fourth-order valence-corrected chi connectivity index (χ4v) is 4.17. The first kappa shape index (κ1) is 15.1. The van der Waals surface area contributed by atoms with E-state index in [9.17, 15) is 0 Å². The van der Waals surface area contributed by atoms with Crippen LogP contribution in [0.1, 0.15) is 44.0 Å². The number of rotatable bonds is 3. The van der Waals surface area contributed by atoms with Crippen LogP contribution in [0.15, 0.2) is 18.3 Å². The van der Waals surface area contributed by atoms with Crippen LogP contribution >= 0.6 is 0 Å². The number of piperidine rings is 2. The lowest BCUT2D eigenvalue weighted by atomic mass is 9.98. The molecule has 0 aromatic carbocycles. The van der Waals surface area contributed by atoms with E-state index in [4.69, 9.17) is 4.98 Å². The molecule has 2 aliphatic heterocycles. The summed E-state index contributed by atoms with van der Waals surface area (Å²) in [6, 6.07) is 4.48. The largest absolute Gasteiger partial charge is 0.311 e. The van der Waals surface area contributed by atoms with E-state index in [1.54, 1.807) is 0 Å². The molecule has 0 spiro atoms. The molecular weight excluding hydrogens is 286 g/mol. The van der Waals surface area contributed by atoms with E-state index >= 15 is 0 Å². The molecule has 0 amide bonds. The molecule has 0 aliphatic carbocycles. The minimum absolute atomic E-state index is 0.388. The molecule has 5 heteroatoms. The van der Waals surface area contributed by atoms with Gasteiger partial charge < -0.3 is 14.8 Å². The lowest BCUT2D eigenvalue weighted by Crippen LogP contribution is -2.35. The quantitative estimate of drug-likeness (QED) is 0.946. The fourth-order valence-electron chi connectivity index (χ4n) is 4.17. The standard InChI is InChI=1S/C18H27N5/c1-22-11-5-6-14(12-22)13-23-17-16(8-4-10-20-17)21-18(23)15-7-2-3-9-19-15/h4,8,10,14-15,19H,2-3,5-7,9,11-13H2,1H3. The van der Waals surface area contributed by atoms with Crippen molar-refractivity contribution in [2.45, 2.75) is 44.7 Å². The smallest absolute Gasteiger partial charge is 0.160 e. The van der Waals surface area contributed by atoms with Crippen molar-refractivity contribution in [3.63, 3.8) is 0 Å². The van der Waals surface area contributed by atoms with E-state index in [0.29, 0.717) is 12.0 Å². The highest BCUT2D eigenvalue weighted by atomic mass is 15.2. The van der Waals surface area contributed by atoms with Crippen molar-refractivity contribution in [2.24, 2.45) is 5.92 Å². The Hall–Kier alpha value is -1.46. The van der Waals surface area contributed by atoms with Crippen LogP contribution in [-0.4, -0.2) is 46.1 Å². The molecule has 4 heterocycles. The first-order valence-electron chi connectivity index (χ1n) is 9.04. The van der Waals surface area contributed by atoms with Crippen LogP contribution in [-0.2, 0) is 6.54 Å². The van der Waals surface area contributed by atoms with Crippen molar-refractivity contribution in [3.05, 3.63) is 24.2 Å². The third-order valence-corrected chi connectivity index (χ3v) is 5.32. The normalized spacial score (nSPS) is 26.7. The Morgan fingerprint density at radius 3 is 3.04 bits per heavy atom. The number of imidazole rings is 1. The van der Waals surface area contributed by atoms with Gasteiger partial charge >= 0.3 is 0 Å². The summed E-state index contributed by atoms with van der Waals surface area (Å²) in [4.78, 5) is 12.0. The zero-order chi connectivity index (χ0) is 15.6. The average molecular weight is 313 g/mol. The second-order valence-electron chi connectivity index (χ2n) is 7.20. The second kappa shape index (κ2) is 6.57. The Morgan fingerprint density at radius 1 is 1.26 bits per heavy atom. The third-order valence-electron chi connectivity index (χ3n) is 5.32. The number of nitrogens with zero attached hydrogens (tertiary/aromatic N) is 4. The number of pyridine rings is 1. The molecule has 2 saturated heterocycles. The van der Waals surface area contributed by atoms with E-state index < -0.39 is 0 Å². The van der Waals surface area contributed by atoms with Crippen molar-refractivity contribution in [3.8, 4) is 0 Å². The highest BCUT2D eigenvalue weighted by Gasteiger charge is 2.25. The van der Waals surface area contributed by atoms with Crippen LogP contribution in [0.4, 0.5) is 0 Å². The van der Waals surface area contributed by atoms with Crippen LogP contribution in [0.2, 0.25) is 0 Å². The van der Waals surface area contributed by atoms with Gasteiger partial charge in [-0.15, -0.1) is 0 Å². The van der Waals surface area contributed by atoms with Gasteiger partial charge in [-0.05, 0) is 63.9 Å². The van der Waals surface area contributed by atoms with Crippen molar-refractivity contribution in [1.82, 2.24) is 24.8 Å². The molecule has 23 heavy (non-hydrogen) atoms. The Labute approximate surface area is 138 Å². The van der Waals surface area contributed by atoms with E-state index in [2.05, 4.69) is 32.9 Å². The van der Waals surface area contributed by atoms with Crippen LogP contribution in [0.25, 0.3) is 11.2 Å². The Morgan fingerprint density at radius 2 is 2.22 bits per heavy atom. The topological polar surface area (TPSA) is 46.0 Å². The number of aromatic nitrogens is 3. The van der Waals surface area contributed by atoms with Gasteiger partial charge in [0.15, 0.2) is 5.65 Å². The van der Waals surface area contributed by atoms with Crippen molar-refractivity contribution in [2.75, 3.05) is 26.7 Å². The van der Waals surface area contributed by atoms with Crippen LogP contribution in [0.5, 0.6) is 0 Å². The van der Waals surface area contributed by atoms with Gasteiger partial charge in [0, 0.05) is 19.3 Å². The van der Waals surface area contributed by atoms with Crippen molar-refractivity contribution < 1.29 is 0 Å². The number of likely N-dealkylation sites (tertiary alicyclic amines) is 1. The van der Waals surface area contributed by atoms with Gasteiger partial charge in [0.25, 0.3) is 0 Å². The number of nitrogens with one attached hydrogen (secondary N) is 1. The average Bonchev–Trinajstić information content (AvgIpc) is 2.95. The molecule has 124 valence electrons. The van der Waals surface area contributed by atoms with Gasteiger partial charge in [0.2, 0.25) is 0 Å². The lowest BCUT2D eigenvalue weighted by molar-refractivity contribution is 0.193. The molecule has 2 aliphatic rings. The van der Waals surface area contributed by atoms with Crippen LogP contribution < -0.4 is 5.32 Å². The van der Waals surface area contributed by atoms with Gasteiger partial charge in [-0.1, -0.05) is 6.42 Å². The Bertz CT molecular complexity index is 658. The summed E-state index contributed by atoms with van der Waals surface area (Å²) in [5.41, 5.74) is 2.10. The monoisotopic (exact) mass is 313 g/mol. The zero-order valence-corrected chi connectivity index (χ0v) is 14.0. The molecule has 2 aromatic rings.